The van der Waals surface area contributed by atoms with E-state index >= 15 is 0 Å². The van der Waals surface area contributed by atoms with Gasteiger partial charge in [-0.25, -0.2) is 21.6 Å². The van der Waals surface area contributed by atoms with Gasteiger partial charge in [-0.1, -0.05) is 0 Å². The monoisotopic (exact) mass is 445 g/mol. The maximum absolute atomic E-state index is 12.9. The number of nitrogens with one attached hydrogen (secondary N) is 2. The number of amides is 1. The first-order valence-corrected chi connectivity index (χ1v) is 12.7. The van der Waals surface area contributed by atoms with Crippen LogP contribution in [-0.4, -0.2) is 64.4 Å². The maximum Gasteiger partial charge on any atom is 0.243 e. The molecule has 3 rings (SSSR count). The molecule has 0 atom stereocenters. The Morgan fingerprint density at radius 2 is 1.59 bits per heavy atom. The first-order chi connectivity index (χ1) is 13.7. The number of sulfonamides is 2. The van der Waals surface area contributed by atoms with Crippen LogP contribution in [0, 0.1) is 5.92 Å². The van der Waals surface area contributed by atoms with Gasteiger partial charge < -0.3 is 10.4 Å². The van der Waals surface area contributed by atoms with Crippen LogP contribution in [0.3, 0.4) is 0 Å². The summed E-state index contributed by atoms with van der Waals surface area (Å²) in [6, 6.07) is 5.21. The number of benzene rings is 1. The van der Waals surface area contributed by atoms with E-state index in [2.05, 4.69) is 10.0 Å². The number of hydrogen-bond donors (Lipinski definition) is 3. The van der Waals surface area contributed by atoms with Crippen molar-refractivity contribution in [2.45, 2.75) is 47.9 Å². The first-order valence-electron chi connectivity index (χ1n) is 9.75. The minimum Gasteiger partial charge on any atom is -0.396 e. The van der Waals surface area contributed by atoms with Gasteiger partial charge in [-0.2, -0.15) is 4.31 Å². The molecule has 1 amide bonds. The summed E-state index contributed by atoms with van der Waals surface area (Å²) in [5.74, 6) is -0.366. The molecular weight excluding hydrogens is 418 g/mol. The third-order valence-corrected chi connectivity index (χ3v) is 8.58. The topological polar surface area (TPSA) is 133 Å². The van der Waals surface area contributed by atoms with E-state index in [9.17, 15) is 21.6 Å². The number of rotatable bonds is 9. The number of piperidine rings is 1. The van der Waals surface area contributed by atoms with Crippen LogP contribution < -0.4 is 10.0 Å². The fourth-order valence-corrected chi connectivity index (χ4v) is 6.00. The van der Waals surface area contributed by atoms with Gasteiger partial charge in [0.25, 0.3) is 0 Å². The van der Waals surface area contributed by atoms with Crippen molar-refractivity contribution in [3.63, 3.8) is 0 Å². The minimum atomic E-state index is -3.75. The molecule has 0 unspecified atom stereocenters. The summed E-state index contributed by atoms with van der Waals surface area (Å²) in [6.45, 7) is 0.861. The molecule has 0 aromatic heterocycles. The third-order valence-electron chi connectivity index (χ3n) is 5.13. The van der Waals surface area contributed by atoms with Gasteiger partial charge in [0.15, 0.2) is 0 Å². The zero-order valence-corrected chi connectivity index (χ0v) is 17.7. The molecule has 0 bridgehead atoms. The Morgan fingerprint density at radius 3 is 2.14 bits per heavy atom. The fourth-order valence-electron chi connectivity index (χ4n) is 3.22. The van der Waals surface area contributed by atoms with Gasteiger partial charge in [0.05, 0.1) is 9.79 Å². The zero-order valence-electron chi connectivity index (χ0n) is 16.1. The van der Waals surface area contributed by atoms with E-state index in [4.69, 9.17) is 5.11 Å². The van der Waals surface area contributed by atoms with Crippen LogP contribution in [0.15, 0.2) is 34.1 Å². The Morgan fingerprint density at radius 1 is 1.00 bits per heavy atom. The lowest BCUT2D eigenvalue weighted by molar-refractivity contribution is -0.126. The summed E-state index contributed by atoms with van der Waals surface area (Å²) in [5, 5.41) is 11.5. The summed E-state index contributed by atoms with van der Waals surface area (Å²) in [7, 11) is -7.38. The maximum atomic E-state index is 12.9. The van der Waals surface area contributed by atoms with Crippen LogP contribution in [0.2, 0.25) is 0 Å². The molecule has 0 radical (unpaired) electrons. The molecule has 1 heterocycles. The van der Waals surface area contributed by atoms with Crippen LogP contribution in [0.5, 0.6) is 0 Å². The Hall–Kier alpha value is -1.53. The third kappa shape index (κ3) is 5.54. The highest BCUT2D eigenvalue weighted by molar-refractivity contribution is 7.89. The molecule has 2 aliphatic rings. The number of aliphatic hydroxyl groups is 1. The highest BCUT2D eigenvalue weighted by Crippen LogP contribution is 2.26. The van der Waals surface area contributed by atoms with Crippen molar-refractivity contribution in [3.8, 4) is 0 Å². The molecular formula is C18H27N3O6S2. The molecule has 1 saturated carbocycles. The van der Waals surface area contributed by atoms with Crippen molar-refractivity contribution in [2.75, 3.05) is 26.2 Å². The van der Waals surface area contributed by atoms with Gasteiger partial charge in [-0.05, 0) is 56.4 Å². The number of carbonyl (C=O) groups is 1. The standard InChI is InChI=1S/C18H27N3O6S2/c22-13-1-10-19-18(23)14-8-11-21(12-9-14)29(26,27)17-6-4-16(5-7-17)28(24,25)20-15-2-3-15/h4-7,14-15,20,22H,1-3,8-13H2,(H,19,23). The number of nitrogens with zero attached hydrogens (tertiary/aromatic N) is 1. The van der Waals surface area contributed by atoms with E-state index in [1.165, 1.54) is 28.6 Å². The molecule has 11 heteroatoms. The summed E-state index contributed by atoms with van der Waals surface area (Å²) in [5.41, 5.74) is 0. The summed E-state index contributed by atoms with van der Waals surface area (Å²) in [4.78, 5) is 12.2. The second kappa shape index (κ2) is 9.09. The van der Waals surface area contributed by atoms with Crippen molar-refractivity contribution in [1.29, 1.82) is 0 Å². The summed E-state index contributed by atoms with van der Waals surface area (Å²) < 4.78 is 54.0. The van der Waals surface area contributed by atoms with E-state index < -0.39 is 20.0 Å². The molecule has 162 valence electrons. The van der Waals surface area contributed by atoms with E-state index in [-0.39, 0.29) is 47.4 Å². The normalized spacial score (nSPS) is 19.2. The Labute approximate surface area is 171 Å². The van der Waals surface area contributed by atoms with Crippen LogP contribution in [-0.2, 0) is 24.8 Å². The minimum absolute atomic E-state index is 0.00764. The number of aliphatic hydroxyl groups excluding tert-OH is 1. The first kappa shape index (κ1) is 22.2. The molecule has 1 saturated heterocycles. The van der Waals surface area contributed by atoms with Crippen LogP contribution >= 0.6 is 0 Å². The van der Waals surface area contributed by atoms with E-state index in [1.54, 1.807) is 0 Å². The highest BCUT2D eigenvalue weighted by atomic mass is 32.2. The largest absolute Gasteiger partial charge is 0.396 e. The van der Waals surface area contributed by atoms with Crippen molar-refractivity contribution < 1.29 is 26.7 Å². The van der Waals surface area contributed by atoms with E-state index in [0.717, 1.165) is 12.8 Å². The van der Waals surface area contributed by atoms with Gasteiger partial charge in [0, 0.05) is 38.2 Å². The molecule has 1 aromatic carbocycles. The lowest BCUT2D eigenvalue weighted by Crippen LogP contribution is -2.43. The lowest BCUT2D eigenvalue weighted by Gasteiger charge is -2.30. The molecule has 29 heavy (non-hydrogen) atoms. The predicted octanol–water partition coefficient (Wildman–Crippen LogP) is 0.0266. The molecule has 1 aliphatic carbocycles. The molecule has 1 aliphatic heterocycles. The van der Waals surface area contributed by atoms with E-state index in [0.29, 0.717) is 25.8 Å². The SMILES string of the molecule is O=C(NCCCO)C1CCN(S(=O)(=O)c2ccc(S(=O)(=O)NC3CC3)cc2)CC1. The average molecular weight is 446 g/mol. The van der Waals surface area contributed by atoms with Gasteiger partial charge in [-0.15, -0.1) is 0 Å². The smallest absolute Gasteiger partial charge is 0.243 e. The molecule has 1 aromatic rings. The van der Waals surface area contributed by atoms with Crippen LogP contribution in [0.4, 0.5) is 0 Å². The Balaban J connectivity index is 1.60. The zero-order chi connectivity index (χ0) is 21.1. The molecule has 0 spiro atoms. The number of carbonyl (C=O) groups excluding carboxylic acids is 1. The number of hydrogen-bond acceptors (Lipinski definition) is 6. The molecule has 2 fully saturated rings. The molecule has 9 nitrogen and oxygen atoms in total. The predicted molar refractivity (Wildman–Crippen MR) is 106 cm³/mol. The highest BCUT2D eigenvalue weighted by Gasteiger charge is 2.32. The Bertz CT molecular complexity index is 919. The molecule has 3 N–H and O–H groups in total. The fraction of sp³-hybridized carbons (Fsp3) is 0.611. The van der Waals surface area contributed by atoms with Crippen molar-refractivity contribution in [3.05, 3.63) is 24.3 Å². The Kier molecular flexibility index (Phi) is 6.94. The van der Waals surface area contributed by atoms with E-state index in [1.807, 2.05) is 0 Å². The summed E-state index contributed by atoms with van der Waals surface area (Å²) >= 11 is 0. The summed E-state index contributed by atoms with van der Waals surface area (Å²) in [6.07, 6.45) is 2.97. The average Bonchev–Trinajstić information content (AvgIpc) is 3.51. The quantitative estimate of drug-likeness (QED) is 0.459. The second-order valence-corrected chi connectivity index (χ2v) is 11.1. The second-order valence-electron chi connectivity index (χ2n) is 7.41. The van der Waals surface area contributed by atoms with Gasteiger partial charge >= 0.3 is 0 Å². The van der Waals surface area contributed by atoms with Crippen molar-refractivity contribution in [1.82, 2.24) is 14.3 Å². The van der Waals surface area contributed by atoms with Gasteiger partial charge in [0.1, 0.15) is 0 Å². The van der Waals surface area contributed by atoms with Gasteiger partial charge in [0.2, 0.25) is 26.0 Å². The van der Waals surface area contributed by atoms with Crippen molar-refractivity contribution in [2.24, 2.45) is 5.92 Å². The lowest BCUT2D eigenvalue weighted by atomic mass is 9.97. The van der Waals surface area contributed by atoms with Gasteiger partial charge in [-0.3, -0.25) is 4.79 Å². The van der Waals surface area contributed by atoms with Crippen LogP contribution in [0.25, 0.3) is 0 Å². The van der Waals surface area contributed by atoms with Crippen molar-refractivity contribution >= 4 is 26.0 Å². The van der Waals surface area contributed by atoms with Crippen LogP contribution in [0.1, 0.15) is 32.1 Å².